The van der Waals surface area contributed by atoms with Crippen molar-refractivity contribution in [2.75, 3.05) is 19.6 Å². The van der Waals surface area contributed by atoms with Gasteiger partial charge in [0, 0.05) is 40.8 Å². The Morgan fingerprint density at radius 2 is 1.76 bits per heavy atom. The first-order valence-electron chi connectivity index (χ1n) is 13.9. The lowest BCUT2D eigenvalue weighted by atomic mass is 9.89. The first-order valence-corrected chi connectivity index (χ1v) is 14.3. The van der Waals surface area contributed by atoms with Crippen LogP contribution in [0.25, 0.3) is 22.0 Å². The van der Waals surface area contributed by atoms with E-state index < -0.39 is 0 Å². The summed E-state index contributed by atoms with van der Waals surface area (Å²) in [5.41, 5.74) is 15.4. The number of hydrogen-bond acceptors (Lipinski definition) is 2. The molecular formula is C33H40ClN3. The van der Waals surface area contributed by atoms with Gasteiger partial charge >= 0.3 is 0 Å². The lowest BCUT2D eigenvalue weighted by Gasteiger charge is -2.32. The van der Waals surface area contributed by atoms with Gasteiger partial charge in [0.1, 0.15) is 0 Å². The smallest absolute Gasteiger partial charge is 0.0486 e. The van der Waals surface area contributed by atoms with Crippen LogP contribution in [0.15, 0.2) is 66.9 Å². The molecule has 1 saturated heterocycles. The molecule has 0 saturated carbocycles. The molecule has 0 atom stereocenters. The van der Waals surface area contributed by atoms with Gasteiger partial charge in [0.05, 0.1) is 0 Å². The Morgan fingerprint density at radius 3 is 2.51 bits per heavy atom. The number of aromatic nitrogens is 1. The second kappa shape index (κ2) is 11.9. The molecule has 3 aromatic carbocycles. The summed E-state index contributed by atoms with van der Waals surface area (Å²) >= 11 is 6.41. The van der Waals surface area contributed by atoms with Gasteiger partial charge in [-0.1, -0.05) is 66.6 Å². The minimum absolute atomic E-state index is 0.715. The van der Waals surface area contributed by atoms with Crippen LogP contribution in [0.2, 0.25) is 5.02 Å². The van der Waals surface area contributed by atoms with E-state index in [1.807, 2.05) is 12.1 Å². The molecule has 1 aliphatic heterocycles. The van der Waals surface area contributed by atoms with Crippen molar-refractivity contribution in [3.63, 3.8) is 0 Å². The van der Waals surface area contributed by atoms with Crippen LogP contribution in [0.4, 0.5) is 0 Å². The minimum Gasteiger partial charge on any atom is -0.347 e. The standard InChI is InChI=1S/C33H40ClN3/c1-3-27-19-24(2)9-11-29(27)31-23-37(16-6-15-35)33-12-10-26(21-30(31)33)20-25-13-17-36(18-14-25)22-28-7-4-5-8-32(28)34/h4-5,7-12,19,21,23,25H,3,6,13-18,20,22,35H2,1-2H3. The molecule has 4 heteroatoms. The van der Waals surface area contributed by atoms with E-state index in [1.165, 1.54) is 57.1 Å². The van der Waals surface area contributed by atoms with Gasteiger partial charge in [0.2, 0.25) is 0 Å². The van der Waals surface area contributed by atoms with Crippen molar-refractivity contribution >= 4 is 22.5 Å². The van der Waals surface area contributed by atoms with E-state index in [9.17, 15) is 0 Å². The van der Waals surface area contributed by atoms with Crippen LogP contribution in [0.1, 0.15) is 48.4 Å². The monoisotopic (exact) mass is 513 g/mol. The molecule has 194 valence electrons. The highest BCUT2D eigenvalue weighted by Gasteiger charge is 2.21. The normalized spacial score (nSPS) is 15.0. The Balaban J connectivity index is 1.35. The first-order chi connectivity index (χ1) is 18.1. The SMILES string of the molecule is CCc1cc(C)ccc1-c1cn(CCCN)c2ccc(CC3CCN(Cc4ccccc4Cl)CC3)cc12. The summed E-state index contributed by atoms with van der Waals surface area (Å²) in [7, 11) is 0. The molecule has 3 nitrogen and oxygen atoms in total. The maximum absolute atomic E-state index is 6.41. The molecule has 0 spiro atoms. The summed E-state index contributed by atoms with van der Waals surface area (Å²) in [5.74, 6) is 0.730. The molecule has 1 aliphatic rings. The van der Waals surface area contributed by atoms with Crippen LogP contribution < -0.4 is 5.73 Å². The van der Waals surface area contributed by atoms with E-state index >= 15 is 0 Å². The fourth-order valence-electron chi connectivity index (χ4n) is 5.96. The number of halogens is 1. The van der Waals surface area contributed by atoms with Gasteiger partial charge in [0.25, 0.3) is 0 Å². The topological polar surface area (TPSA) is 34.2 Å². The maximum Gasteiger partial charge on any atom is 0.0486 e. The van der Waals surface area contributed by atoms with Crippen LogP contribution in [-0.4, -0.2) is 29.1 Å². The highest BCUT2D eigenvalue weighted by Crippen LogP contribution is 2.35. The van der Waals surface area contributed by atoms with E-state index in [-0.39, 0.29) is 0 Å². The van der Waals surface area contributed by atoms with Gasteiger partial charge in [0.15, 0.2) is 0 Å². The van der Waals surface area contributed by atoms with E-state index in [0.29, 0.717) is 6.54 Å². The second-order valence-electron chi connectivity index (χ2n) is 10.8. The van der Waals surface area contributed by atoms with Crippen molar-refractivity contribution in [2.24, 2.45) is 11.7 Å². The molecule has 0 unspecified atom stereocenters. The van der Waals surface area contributed by atoms with Gasteiger partial charge < -0.3 is 10.3 Å². The molecule has 1 fully saturated rings. The molecular weight excluding hydrogens is 474 g/mol. The number of fused-ring (bicyclic) bond motifs is 1. The maximum atomic E-state index is 6.41. The van der Waals surface area contributed by atoms with Crippen molar-refractivity contribution in [3.05, 3.63) is 94.1 Å². The minimum atomic E-state index is 0.715. The molecule has 1 aromatic heterocycles. The van der Waals surface area contributed by atoms with Crippen LogP contribution in [0.3, 0.4) is 0 Å². The zero-order chi connectivity index (χ0) is 25.8. The Labute approximate surface area is 227 Å². The number of hydrogen-bond donors (Lipinski definition) is 1. The fraction of sp³-hybridized carbons (Fsp3) is 0.394. The van der Waals surface area contributed by atoms with Crippen molar-refractivity contribution in [2.45, 2.75) is 59.0 Å². The van der Waals surface area contributed by atoms with E-state index in [0.717, 1.165) is 56.4 Å². The predicted molar refractivity (Wildman–Crippen MR) is 158 cm³/mol. The number of likely N-dealkylation sites (tertiary alicyclic amines) is 1. The van der Waals surface area contributed by atoms with Crippen molar-refractivity contribution in [1.29, 1.82) is 0 Å². The molecule has 2 N–H and O–H groups in total. The van der Waals surface area contributed by atoms with E-state index in [4.69, 9.17) is 17.3 Å². The quantitative estimate of drug-likeness (QED) is 0.249. The molecule has 4 aromatic rings. The number of nitrogens with zero attached hydrogens (tertiary/aromatic N) is 2. The van der Waals surface area contributed by atoms with Gasteiger partial charge in [-0.25, -0.2) is 0 Å². The third-order valence-corrected chi connectivity index (χ3v) is 8.43. The summed E-state index contributed by atoms with van der Waals surface area (Å²) in [5, 5.41) is 2.26. The van der Waals surface area contributed by atoms with Crippen LogP contribution in [0, 0.1) is 12.8 Å². The molecule has 5 rings (SSSR count). The van der Waals surface area contributed by atoms with Crippen LogP contribution >= 0.6 is 11.6 Å². The summed E-state index contributed by atoms with van der Waals surface area (Å²) < 4.78 is 2.41. The summed E-state index contributed by atoms with van der Waals surface area (Å²) in [6.45, 7) is 9.36. The van der Waals surface area contributed by atoms with E-state index in [1.54, 1.807) is 0 Å². The number of benzene rings is 3. The van der Waals surface area contributed by atoms with Gasteiger partial charge in [-0.15, -0.1) is 0 Å². The zero-order valence-electron chi connectivity index (χ0n) is 22.3. The third-order valence-electron chi connectivity index (χ3n) is 8.06. The number of aryl methyl sites for hydroxylation is 3. The van der Waals surface area contributed by atoms with Crippen molar-refractivity contribution in [3.8, 4) is 11.1 Å². The lowest BCUT2D eigenvalue weighted by molar-refractivity contribution is 0.177. The van der Waals surface area contributed by atoms with Gasteiger partial charge in [-0.3, -0.25) is 4.90 Å². The summed E-state index contributed by atoms with van der Waals surface area (Å²) in [6.07, 6.45) is 8.03. The molecule has 0 radical (unpaired) electrons. The van der Waals surface area contributed by atoms with Crippen LogP contribution in [-0.2, 0) is 25.9 Å². The zero-order valence-corrected chi connectivity index (χ0v) is 23.1. The molecule has 37 heavy (non-hydrogen) atoms. The highest BCUT2D eigenvalue weighted by molar-refractivity contribution is 6.31. The first kappa shape index (κ1) is 26.0. The Morgan fingerprint density at radius 1 is 0.946 bits per heavy atom. The number of rotatable bonds is 9. The third kappa shape index (κ3) is 5.95. The Hall–Kier alpha value is -2.59. The largest absolute Gasteiger partial charge is 0.347 e. The summed E-state index contributed by atoms with van der Waals surface area (Å²) in [6, 6.07) is 22.3. The average molecular weight is 514 g/mol. The molecule has 0 aliphatic carbocycles. The van der Waals surface area contributed by atoms with Crippen LogP contribution in [0.5, 0.6) is 0 Å². The Kier molecular flexibility index (Phi) is 8.34. The number of nitrogens with two attached hydrogens (primary N) is 1. The lowest BCUT2D eigenvalue weighted by Crippen LogP contribution is -2.33. The van der Waals surface area contributed by atoms with Crippen molar-refractivity contribution in [1.82, 2.24) is 9.47 Å². The molecule has 0 bridgehead atoms. The van der Waals surface area contributed by atoms with Gasteiger partial charge in [-0.2, -0.15) is 0 Å². The fourth-order valence-corrected chi connectivity index (χ4v) is 6.16. The predicted octanol–water partition coefficient (Wildman–Crippen LogP) is 7.64. The van der Waals surface area contributed by atoms with E-state index in [2.05, 4.69) is 78.0 Å². The Bertz CT molecular complexity index is 1350. The highest BCUT2D eigenvalue weighted by atomic mass is 35.5. The second-order valence-corrected chi connectivity index (χ2v) is 11.2. The molecule has 2 heterocycles. The van der Waals surface area contributed by atoms with Crippen molar-refractivity contribution < 1.29 is 0 Å². The number of piperidine rings is 1. The van der Waals surface area contributed by atoms with Gasteiger partial charge in [-0.05, 0) is 105 Å². The average Bonchev–Trinajstić information content (AvgIpc) is 3.27. The molecule has 0 amide bonds. The summed E-state index contributed by atoms with van der Waals surface area (Å²) in [4.78, 5) is 2.56.